The van der Waals surface area contributed by atoms with Crippen LogP contribution in [0.2, 0.25) is 0 Å². The smallest absolute Gasteiger partial charge is 0.337 e. The lowest BCUT2D eigenvalue weighted by molar-refractivity contribution is -0.115. The number of rotatable bonds is 4. The predicted molar refractivity (Wildman–Crippen MR) is 99.0 cm³/mol. The van der Waals surface area contributed by atoms with Gasteiger partial charge < -0.3 is 10.1 Å². The Labute approximate surface area is 155 Å². The first-order chi connectivity index (χ1) is 12.4. The summed E-state index contributed by atoms with van der Waals surface area (Å²) in [6, 6.07) is 10.5. The summed E-state index contributed by atoms with van der Waals surface area (Å²) < 4.78 is 32.3. The van der Waals surface area contributed by atoms with Crippen LogP contribution in [0.25, 0.3) is 0 Å². The van der Waals surface area contributed by atoms with E-state index in [0.29, 0.717) is 29.1 Å². The molecule has 0 aromatic heterocycles. The molecule has 2 aromatic rings. The minimum absolute atomic E-state index is 0.0381. The first-order valence-corrected chi connectivity index (χ1v) is 10.1. The molecule has 1 heterocycles. The van der Waals surface area contributed by atoms with Gasteiger partial charge in [0.15, 0.2) is 0 Å². The van der Waals surface area contributed by atoms with Gasteiger partial charge in [-0.3, -0.25) is 9.52 Å². The molecule has 3 rings (SSSR count). The van der Waals surface area contributed by atoms with Crippen molar-refractivity contribution in [2.75, 3.05) is 22.9 Å². The van der Waals surface area contributed by atoms with Crippen LogP contribution in [0.5, 0.6) is 0 Å². The third kappa shape index (κ3) is 4.00. The molecule has 0 unspecified atom stereocenters. The van der Waals surface area contributed by atoms with E-state index in [1.807, 2.05) is 0 Å². The first kappa shape index (κ1) is 18.3. The molecule has 0 fully saturated rings. The van der Waals surface area contributed by atoms with Crippen LogP contribution in [-0.2, 0) is 19.6 Å². The zero-order valence-corrected chi connectivity index (χ0v) is 15.4. The minimum Gasteiger partial charge on any atom is -0.465 e. The van der Waals surface area contributed by atoms with Gasteiger partial charge >= 0.3 is 5.97 Å². The summed E-state index contributed by atoms with van der Waals surface area (Å²) in [5.74, 6) is 0.00553. The molecular formula is C17H16N2O5S2. The van der Waals surface area contributed by atoms with Crippen molar-refractivity contribution in [2.45, 2.75) is 16.2 Å². The van der Waals surface area contributed by atoms with Crippen molar-refractivity contribution in [3.8, 4) is 0 Å². The Bertz CT molecular complexity index is 956. The van der Waals surface area contributed by atoms with Gasteiger partial charge in [-0.1, -0.05) is 0 Å². The zero-order chi connectivity index (χ0) is 18.7. The Morgan fingerprint density at radius 1 is 1.19 bits per heavy atom. The third-order valence-corrected chi connectivity index (χ3v) is 6.13. The maximum Gasteiger partial charge on any atom is 0.337 e. The number of benzene rings is 2. The summed E-state index contributed by atoms with van der Waals surface area (Å²) in [7, 11) is -2.57. The molecule has 0 aliphatic carbocycles. The van der Waals surface area contributed by atoms with Crippen LogP contribution < -0.4 is 10.0 Å². The molecule has 0 saturated carbocycles. The number of fused-ring (bicyclic) bond motifs is 1. The molecule has 136 valence electrons. The van der Waals surface area contributed by atoms with Crippen molar-refractivity contribution >= 4 is 45.0 Å². The van der Waals surface area contributed by atoms with E-state index < -0.39 is 16.0 Å². The number of ether oxygens (including phenoxy) is 1. The van der Waals surface area contributed by atoms with Crippen LogP contribution in [-0.4, -0.2) is 33.2 Å². The molecule has 1 aliphatic heterocycles. The molecule has 1 aliphatic rings. The quantitative estimate of drug-likeness (QED) is 0.776. The van der Waals surface area contributed by atoms with Crippen LogP contribution in [0.1, 0.15) is 16.8 Å². The molecule has 0 bridgehead atoms. The van der Waals surface area contributed by atoms with Crippen LogP contribution >= 0.6 is 11.8 Å². The van der Waals surface area contributed by atoms with Gasteiger partial charge in [0.2, 0.25) is 5.91 Å². The van der Waals surface area contributed by atoms with Crippen molar-refractivity contribution in [1.82, 2.24) is 0 Å². The van der Waals surface area contributed by atoms with Gasteiger partial charge in [0.05, 0.1) is 23.3 Å². The molecule has 9 heteroatoms. The monoisotopic (exact) mass is 392 g/mol. The maximum atomic E-state index is 12.6. The van der Waals surface area contributed by atoms with Gasteiger partial charge in [-0.05, 0) is 42.5 Å². The SMILES string of the molecule is COC(=O)c1ccc(NS(=O)(=O)c2ccc3c(c2)NC(=O)CCS3)cc1. The number of esters is 1. The summed E-state index contributed by atoms with van der Waals surface area (Å²) >= 11 is 1.50. The van der Waals surface area contributed by atoms with E-state index in [-0.39, 0.29) is 10.8 Å². The van der Waals surface area contributed by atoms with Crippen LogP contribution in [0.4, 0.5) is 11.4 Å². The molecule has 0 saturated heterocycles. The molecule has 26 heavy (non-hydrogen) atoms. The van der Waals surface area contributed by atoms with E-state index in [0.717, 1.165) is 4.90 Å². The number of hydrogen-bond donors (Lipinski definition) is 2. The fourth-order valence-corrected chi connectivity index (χ4v) is 4.39. The maximum absolute atomic E-state index is 12.6. The molecule has 0 atom stereocenters. The first-order valence-electron chi connectivity index (χ1n) is 7.67. The molecule has 1 amide bonds. The van der Waals surface area contributed by atoms with Gasteiger partial charge in [-0.25, -0.2) is 13.2 Å². The number of sulfonamides is 1. The average Bonchev–Trinajstić information content (AvgIpc) is 2.81. The van der Waals surface area contributed by atoms with Gasteiger partial charge in [-0.15, -0.1) is 11.8 Å². The van der Waals surface area contributed by atoms with Gasteiger partial charge in [-0.2, -0.15) is 0 Å². The Morgan fingerprint density at radius 3 is 2.62 bits per heavy atom. The van der Waals surface area contributed by atoms with Crippen LogP contribution in [0.15, 0.2) is 52.3 Å². The number of carbonyl (C=O) groups is 2. The highest BCUT2D eigenvalue weighted by Gasteiger charge is 2.19. The Kier molecular flexibility index (Phi) is 5.19. The van der Waals surface area contributed by atoms with Crippen molar-refractivity contribution in [3.05, 3.63) is 48.0 Å². The highest BCUT2D eigenvalue weighted by atomic mass is 32.2. The van der Waals surface area contributed by atoms with Crippen LogP contribution in [0.3, 0.4) is 0 Å². The van der Waals surface area contributed by atoms with Crippen molar-refractivity contribution in [2.24, 2.45) is 0 Å². The summed E-state index contributed by atoms with van der Waals surface area (Å²) in [6.45, 7) is 0. The largest absolute Gasteiger partial charge is 0.465 e. The molecule has 7 nitrogen and oxygen atoms in total. The highest BCUT2D eigenvalue weighted by Crippen LogP contribution is 2.33. The van der Waals surface area contributed by atoms with Crippen LogP contribution in [0, 0.1) is 0 Å². The summed E-state index contributed by atoms with van der Waals surface area (Å²) in [4.78, 5) is 24.0. The second-order valence-electron chi connectivity index (χ2n) is 5.48. The highest BCUT2D eigenvalue weighted by molar-refractivity contribution is 7.99. The van der Waals surface area contributed by atoms with Gasteiger partial charge in [0, 0.05) is 22.8 Å². The molecular weight excluding hydrogens is 376 g/mol. The predicted octanol–water partition coefficient (Wildman–Crippen LogP) is 2.71. The lowest BCUT2D eigenvalue weighted by Crippen LogP contribution is -2.14. The lowest BCUT2D eigenvalue weighted by atomic mass is 10.2. The van der Waals surface area contributed by atoms with Crippen molar-refractivity contribution < 1.29 is 22.7 Å². The number of amides is 1. The second-order valence-corrected chi connectivity index (χ2v) is 8.30. The topological polar surface area (TPSA) is 102 Å². The number of methoxy groups -OCH3 is 1. The number of nitrogens with one attached hydrogen (secondary N) is 2. The number of anilines is 2. The van der Waals surface area contributed by atoms with Crippen molar-refractivity contribution in [1.29, 1.82) is 0 Å². The molecule has 0 radical (unpaired) electrons. The van der Waals surface area contributed by atoms with Gasteiger partial charge in [0.1, 0.15) is 0 Å². The summed E-state index contributed by atoms with van der Waals surface area (Å²) in [6.07, 6.45) is 0.381. The van der Waals surface area contributed by atoms with Crippen molar-refractivity contribution in [3.63, 3.8) is 0 Å². The normalized spacial score (nSPS) is 14.0. The summed E-state index contributed by atoms with van der Waals surface area (Å²) in [5.41, 5.74) is 1.12. The average molecular weight is 392 g/mol. The molecule has 2 N–H and O–H groups in total. The Hall–Kier alpha value is -2.52. The van der Waals surface area contributed by atoms with E-state index in [2.05, 4.69) is 14.8 Å². The Balaban J connectivity index is 1.84. The lowest BCUT2D eigenvalue weighted by Gasteiger charge is -2.12. The number of hydrogen-bond acceptors (Lipinski definition) is 6. The van der Waals surface area contributed by atoms with E-state index in [4.69, 9.17) is 0 Å². The molecule has 0 spiro atoms. The van der Waals surface area contributed by atoms with E-state index in [9.17, 15) is 18.0 Å². The second kappa shape index (κ2) is 7.38. The number of carbonyl (C=O) groups excluding carboxylic acids is 2. The van der Waals surface area contributed by atoms with E-state index in [1.165, 1.54) is 55.3 Å². The van der Waals surface area contributed by atoms with E-state index in [1.54, 1.807) is 6.07 Å². The fraction of sp³-hybridized carbons (Fsp3) is 0.176. The fourth-order valence-electron chi connectivity index (χ4n) is 2.37. The Morgan fingerprint density at radius 2 is 1.92 bits per heavy atom. The zero-order valence-electron chi connectivity index (χ0n) is 13.8. The molecule has 2 aromatic carbocycles. The standard InChI is InChI=1S/C17H16N2O5S2/c1-24-17(21)11-2-4-12(5-3-11)19-26(22,23)13-6-7-15-14(10-13)18-16(20)8-9-25-15/h2-7,10,19H,8-9H2,1H3,(H,18,20). The summed E-state index contributed by atoms with van der Waals surface area (Å²) in [5, 5.41) is 2.72. The van der Waals surface area contributed by atoms with Gasteiger partial charge in [0.25, 0.3) is 10.0 Å². The third-order valence-electron chi connectivity index (χ3n) is 3.68. The number of thioether (sulfide) groups is 1. The minimum atomic E-state index is -3.84. The van der Waals surface area contributed by atoms with E-state index >= 15 is 0 Å².